The number of aliphatic hydroxyl groups is 1. The summed E-state index contributed by atoms with van der Waals surface area (Å²) in [5.74, 6) is 0. The van der Waals surface area contributed by atoms with Gasteiger partial charge in [0, 0.05) is 18.7 Å². The number of nitrogens with zero attached hydrogens (tertiary/aromatic N) is 1. The first kappa shape index (κ1) is 13.7. The second-order valence-electron chi connectivity index (χ2n) is 4.97. The molecule has 0 unspecified atom stereocenters. The largest absolute Gasteiger partial charge is 0.393 e. The lowest BCUT2D eigenvalue weighted by atomic mass is 10.00. The molecular weight excluding hydrogens is 198 g/mol. The van der Waals surface area contributed by atoms with Crippen LogP contribution in [0.1, 0.15) is 71.1 Å². The SMILES string of the molecule is CCCCCCC[C@@H](O)CC1=NCCCC1. The molecule has 0 fully saturated rings. The van der Waals surface area contributed by atoms with Gasteiger partial charge in [0.25, 0.3) is 0 Å². The van der Waals surface area contributed by atoms with Gasteiger partial charge in [-0.3, -0.25) is 4.99 Å². The normalized spacial score (nSPS) is 18.2. The maximum atomic E-state index is 9.88. The highest BCUT2D eigenvalue weighted by atomic mass is 16.3. The first-order valence-corrected chi connectivity index (χ1v) is 7.03. The van der Waals surface area contributed by atoms with Crippen LogP contribution in [0.15, 0.2) is 4.99 Å². The summed E-state index contributed by atoms with van der Waals surface area (Å²) >= 11 is 0. The molecule has 1 atom stereocenters. The fourth-order valence-electron chi connectivity index (χ4n) is 2.28. The molecule has 0 aromatic carbocycles. The maximum absolute atomic E-state index is 9.88. The molecule has 0 aromatic rings. The first-order valence-electron chi connectivity index (χ1n) is 7.03. The Labute approximate surface area is 100 Å². The van der Waals surface area contributed by atoms with Crippen LogP contribution in [0.3, 0.4) is 0 Å². The fraction of sp³-hybridized carbons (Fsp3) is 0.929. The van der Waals surface area contributed by atoms with Crippen molar-refractivity contribution in [2.45, 2.75) is 77.2 Å². The third-order valence-corrected chi connectivity index (χ3v) is 3.32. The number of rotatable bonds is 8. The minimum absolute atomic E-state index is 0.140. The first-order chi connectivity index (χ1) is 7.83. The van der Waals surface area contributed by atoms with E-state index in [1.165, 1.54) is 50.7 Å². The average molecular weight is 225 g/mol. The van der Waals surface area contributed by atoms with E-state index in [9.17, 15) is 5.11 Å². The van der Waals surface area contributed by atoms with Gasteiger partial charge in [0.2, 0.25) is 0 Å². The van der Waals surface area contributed by atoms with Gasteiger partial charge in [-0.1, -0.05) is 39.0 Å². The summed E-state index contributed by atoms with van der Waals surface area (Å²) in [7, 11) is 0. The van der Waals surface area contributed by atoms with Crippen molar-refractivity contribution in [1.29, 1.82) is 0 Å². The van der Waals surface area contributed by atoms with Crippen molar-refractivity contribution in [3.63, 3.8) is 0 Å². The van der Waals surface area contributed by atoms with Crippen molar-refractivity contribution in [1.82, 2.24) is 0 Å². The topological polar surface area (TPSA) is 32.6 Å². The van der Waals surface area contributed by atoms with Crippen LogP contribution in [-0.2, 0) is 0 Å². The zero-order valence-electron chi connectivity index (χ0n) is 10.7. The Hall–Kier alpha value is -0.370. The highest BCUT2D eigenvalue weighted by molar-refractivity contribution is 5.85. The molecule has 0 spiro atoms. The van der Waals surface area contributed by atoms with Gasteiger partial charge in [-0.2, -0.15) is 0 Å². The molecule has 0 bridgehead atoms. The van der Waals surface area contributed by atoms with E-state index in [2.05, 4.69) is 11.9 Å². The lowest BCUT2D eigenvalue weighted by molar-refractivity contribution is 0.167. The Morgan fingerprint density at radius 2 is 2.00 bits per heavy atom. The molecule has 1 N–H and O–H groups in total. The van der Waals surface area contributed by atoms with Crippen LogP contribution in [-0.4, -0.2) is 23.5 Å². The van der Waals surface area contributed by atoms with Crippen LogP contribution in [0.2, 0.25) is 0 Å². The van der Waals surface area contributed by atoms with Gasteiger partial charge in [0.1, 0.15) is 0 Å². The van der Waals surface area contributed by atoms with Crippen LogP contribution in [0.25, 0.3) is 0 Å². The summed E-state index contributed by atoms with van der Waals surface area (Å²) in [6.45, 7) is 3.22. The molecule has 0 saturated heterocycles. The van der Waals surface area contributed by atoms with Crippen molar-refractivity contribution >= 4 is 5.71 Å². The van der Waals surface area contributed by atoms with Crippen LogP contribution >= 0.6 is 0 Å². The molecule has 0 amide bonds. The Kier molecular flexibility index (Phi) is 7.48. The van der Waals surface area contributed by atoms with E-state index < -0.39 is 0 Å². The van der Waals surface area contributed by atoms with Crippen LogP contribution in [0.4, 0.5) is 0 Å². The average Bonchev–Trinajstić information content (AvgIpc) is 2.30. The predicted octanol–water partition coefficient (Wildman–Crippen LogP) is 3.72. The minimum Gasteiger partial charge on any atom is -0.393 e. The quantitative estimate of drug-likeness (QED) is 0.627. The van der Waals surface area contributed by atoms with Crippen molar-refractivity contribution in [2.75, 3.05) is 6.54 Å². The monoisotopic (exact) mass is 225 g/mol. The molecule has 2 nitrogen and oxygen atoms in total. The Morgan fingerprint density at radius 1 is 1.19 bits per heavy atom. The van der Waals surface area contributed by atoms with E-state index in [-0.39, 0.29) is 6.10 Å². The number of aliphatic imine (C=N–C) groups is 1. The highest BCUT2D eigenvalue weighted by Gasteiger charge is 2.10. The molecule has 0 radical (unpaired) electrons. The Bertz CT molecular complexity index is 201. The predicted molar refractivity (Wildman–Crippen MR) is 70.2 cm³/mol. The van der Waals surface area contributed by atoms with Gasteiger partial charge in [-0.15, -0.1) is 0 Å². The van der Waals surface area contributed by atoms with Crippen LogP contribution < -0.4 is 0 Å². The zero-order valence-corrected chi connectivity index (χ0v) is 10.7. The van der Waals surface area contributed by atoms with E-state index >= 15 is 0 Å². The standard InChI is InChI=1S/C14H27NO/c1-2-3-4-5-6-10-14(16)12-13-9-7-8-11-15-13/h14,16H,2-12H2,1H3/t14-/m1/s1. The molecule has 94 valence electrons. The van der Waals surface area contributed by atoms with Crippen molar-refractivity contribution in [2.24, 2.45) is 4.99 Å². The summed E-state index contributed by atoms with van der Waals surface area (Å²) in [4.78, 5) is 4.48. The van der Waals surface area contributed by atoms with E-state index in [4.69, 9.17) is 0 Å². The van der Waals surface area contributed by atoms with Gasteiger partial charge >= 0.3 is 0 Å². The van der Waals surface area contributed by atoms with E-state index in [1.54, 1.807) is 0 Å². The van der Waals surface area contributed by atoms with Gasteiger partial charge in [-0.05, 0) is 25.7 Å². The third-order valence-electron chi connectivity index (χ3n) is 3.32. The third kappa shape index (κ3) is 6.26. The Morgan fingerprint density at radius 3 is 2.69 bits per heavy atom. The number of hydrogen-bond donors (Lipinski definition) is 1. The molecule has 1 aliphatic rings. The zero-order chi connectivity index (χ0) is 11.6. The summed E-state index contributed by atoms with van der Waals surface area (Å²) in [5, 5.41) is 9.88. The van der Waals surface area contributed by atoms with Gasteiger partial charge in [-0.25, -0.2) is 0 Å². The van der Waals surface area contributed by atoms with E-state index in [1.807, 2.05) is 0 Å². The smallest absolute Gasteiger partial charge is 0.0592 e. The molecule has 1 aliphatic heterocycles. The molecule has 1 rings (SSSR count). The molecule has 0 aliphatic carbocycles. The lowest BCUT2D eigenvalue weighted by Crippen LogP contribution is -2.16. The maximum Gasteiger partial charge on any atom is 0.0592 e. The van der Waals surface area contributed by atoms with Crippen molar-refractivity contribution in [3.8, 4) is 0 Å². The van der Waals surface area contributed by atoms with Gasteiger partial charge < -0.3 is 5.11 Å². The summed E-state index contributed by atoms with van der Waals surface area (Å²) < 4.78 is 0. The lowest BCUT2D eigenvalue weighted by Gasteiger charge is -2.15. The molecule has 0 saturated carbocycles. The second-order valence-corrected chi connectivity index (χ2v) is 4.97. The van der Waals surface area contributed by atoms with Crippen LogP contribution in [0, 0.1) is 0 Å². The van der Waals surface area contributed by atoms with Crippen molar-refractivity contribution in [3.05, 3.63) is 0 Å². The second kappa shape index (κ2) is 8.74. The molecule has 1 heterocycles. The molecular formula is C14H27NO. The fourth-order valence-corrected chi connectivity index (χ4v) is 2.28. The van der Waals surface area contributed by atoms with Crippen molar-refractivity contribution < 1.29 is 5.11 Å². The highest BCUT2D eigenvalue weighted by Crippen LogP contribution is 2.14. The molecule has 2 heteroatoms. The van der Waals surface area contributed by atoms with E-state index in [0.29, 0.717) is 0 Å². The van der Waals surface area contributed by atoms with Crippen LogP contribution in [0.5, 0.6) is 0 Å². The summed E-state index contributed by atoms with van der Waals surface area (Å²) in [5.41, 5.74) is 1.26. The summed E-state index contributed by atoms with van der Waals surface area (Å²) in [6, 6.07) is 0. The molecule has 0 aromatic heterocycles. The molecule has 16 heavy (non-hydrogen) atoms. The number of hydrogen-bond acceptors (Lipinski definition) is 2. The number of aliphatic hydroxyl groups excluding tert-OH is 1. The van der Waals surface area contributed by atoms with Gasteiger partial charge in [0.15, 0.2) is 0 Å². The minimum atomic E-state index is -0.140. The van der Waals surface area contributed by atoms with E-state index in [0.717, 1.165) is 25.8 Å². The summed E-state index contributed by atoms with van der Waals surface area (Å²) in [6.07, 6.45) is 11.7. The number of unbranched alkanes of at least 4 members (excludes halogenated alkanes) is 4. The Balaban J connectivity index is 2.01. The van der Waals surface area contributed by atoms with Gasteiger partial charge in [0.05, 0.1) is 6.10 Å².